The Morgan fingerprint density at radius 1 is 1.00 bits per heavy atom. The lowest BCUT2D eigenvalue weighted by atomic mass is 9.95. The molecule has 0 aliphatic carbocycles. The molecular weight excluding hydrogens is 368 g/mol. The summed E-state index contributed by atoms with van der Waals surface area (Å²) in [6.07, 6.45) is 2.53. The third-order valence-electron chi connectivity index (χ3n) is 5.48. The topological polar surface area (TPSA) is 68.3 Å². The molecule has 1 saturated heterocycles. The number of fused-ring (bicyclic) bond motifs is 1. The molecule has 0 aromatic heterocycles. The summed E-state index contributed by atoms with van der Waals surface area (Å²) in [7, 11) is -5.66. The van der Waals surface area contributed by atoms with Gasteiger partial charge < -0.3 is 0 Å². The number of benzene rings is 1. The summed E-state index contributed by atoms with van der Waals surface area (Å²) in [6.45, 7) is 10.4. The SMILES string of the molecule is CC(C)C1CCS(=O)(=O)C1.Cc1cc2c(cc1C(C)C)S(=O)(=O)CCC2. The first-order valence-electron chi connectivity index (χ1n) is 9.49. The van der Waals surface area contributed by atoms with Crippen LogP contribution in [0.3, 0.4) is 0 Å². The number of rotatable bonds is 2. The van der Waals surface area contributed by atoms with Crippen LogP contribution >= 0.6 is 0 Å². The van der Waals surface area contributed by atoms with E-state index < -0.39 is 19.7 Å². The molecule has 26 heavy (non-hydrogen) atoms. The van der Waals surface area contributed by atoms with E-state index in [-0.39, 0.29) is 0 Å². The number of hydrogen-bond acceptors (Lipinski definition) is 4. The van der Waals surface area contributed by atoms with Crippen molar-refractivity contribution < 1.29 is 16.8 Å². The summed E-state index contributed by atoms with van der Waals surface area (Å²) in [5.41, 5.74) is 3.38. The molecule has 0 amide bonds. The molecule has 2 aliphatic rings. The van der Waals surface area contributed by atoms with Gasteiger partial charge >= 0.3 is 0 Å². The van der Waals surface area contributed by atoms with Crippen LogP contribution in [0.1, 0.15) is 63.1 Å². The molecule has 3 rings (SSSR count). The molecule has 148 valence electrons. The van der Waals surface area contributed by atoms with E-state index in [4.69, 9.17) is 0 Å². The molecule has 0 saturated carbocycles. The Bertz CT molecular complexity index is 850. The normalized spacial score (nSPS) is 23.4. The van der Waals surface area contributed by atoms with Crippen molar-refractivity contribution in [2.75, 3.05) is 17.3 Å². The maximum absolute atomic E-state index is 12.0. The van der Waals surface area contributed by atoms with Crippen molar-refractivity contribution in [1.82, 2.24) is 0 Å². The molecule has 0 spiro atoms. The maximum atomic E-state index is 12.0. The second kappa shape index (κ2) is 8.01. The average molecular weight is 401 g/mol. The molecule has 1 fully saturated rings. The first-order chi connectivity index (χ1) is 11.9. The van der Waals surface area contributed by atoms with Gasteiger partial charge in [-0.15, -0.1) is 0 Å². The van der Waals surface area contributed by atoms with Gasteiger partial charge in [-0.2, -0.15) is 0 Å². The van der Waals surface area contributed by atoms with Gasteiger partial charge in [-0.05, 0) is 66.7 Å². The molecule has 0 N–H and O–H groups in total. The highest BCUT2D eigenvalue weighted by molar-refractivity contribution is 7.91. The van der Waals surface area contributed by atoms with Crippen molar-refractivity contribution >= 4 is 19.7 Å². The zero-order valence-electron chi connectivity index (χ0n) is 16.6. The van der Waals surface area contributed by atoms with Crippen molar-refractivity contribution in [2.24, 2.45) is 11.8 Å². The van der Waals surface area contributed by atoms with Gasteiger partial charge in [-0.1, -0.05) is 33.8 Å². The fraction of sp³-hybridized carbons (Fsp3) is 0.700. The molecule has 1 aromatic rings. The molecule has 1 unspecified atom stereocenters. The molecule has 0 bridgehead atoms. The average Bonchev–Trinajstić information content (AvgIpc) is 2.87. The van der Waals surface area contributed by atoms with E-state index in [1.165, 1.54) is 5.56 Å². The molecule has 0 radical (unpaired) electrons. The third kappa shape index (κ3) is 5.10. The van der Waals surface area contributed by atoms with Crippen LogP contribution in [-0.4, -0.2) is 34.1 Å². The van der Waals surface area contributed by atoms with E-state index in [1.54, 1.807) is 0 Å². The fourth-order valence-electron chi connectivity index (χ4n) is 3.78. The standard InChI is InChI=1S/C13H18O2S.C7H14O2S/c1-9(2)12-8-13-11(7-10(12)3)5-4-6-16(13,14)15;1-6(2)7-3-4-10(8,9)5-7/h7-9H,4-6H2,1-3H3;6-7H,3-5H2,1-2H3. The Balaban J connectivity index is 0.000000209. The van der Waals surface area contributed by atoms with E-state index in [2.05, 4.69) is 40.7 Å². The monoisotopic (exact) mass is 400 g/mol. The molecule has 6 heteroatoms. The van der Waals surface area contributed by atoms with Gasteiger partial charge in [0.25, 0.3) is 0 Å². The van der Waals surface area contributed by atoms with Gasteiger partial charge in [0.15, 0.2) is 19.7 Å². The quantitative estimate of drug-likeness (QED) is 0.755. The Kier molecular flexibility index (Phi) is 6.60. The van der Waals surface area contributed by atoms with Crippen molar-refractivity contribution in [3.05, 3.63) is 28.8 Å². The lowest BCUT2D eigenvalue weighted by molar-refractivity contribution is 0.428. The minimum absolute atomic E-state index is 0.306. The van der Waals surface area contributed by atoms with Crippen molar-refractivity contribution in [2.45, 2.75) is 64.7 Å². The maximum Gasteiger partial charge on any atom is 0.178 e. The highest BCUT2D eigenvalue weighted by atomic mass is 32.2. The van der Waals surface area contributed by atoms with Gasteiger partial charge in [0.1, 0.15) is 0 Å². The van der Waals surface area contributed by atoms with E-state index in [0.717, 1.165) is 30.4 Å². The Morgan fingerprint density at radius 3 is 2.12 bits per heavy atom. The first-order valence-corrected chi connectivity index (χ1v) is 13.0. The minimum atomic E-state index is -3.01. The molecule has 2 aliphatic heterocycles. The largest absolute Gasteiger partial charge is 0.229 e. The second-order valence-electron chi connectivity index (χ2n) is 8.30. The zero-order chi connectivity index (χ0) is 19.7. The second-order valence-corrected chi connectivity index (χ2v) is 12.6. The molecule has 1 atom stereocenters. The van der Waals surface area contributed by atoms with Crippen molar-refractivity contribution in [1.29, 1.82) is 0 Å². The summed E-state index contributed by atoms with van der Waals surface area (Å²) in [6, 6.07) is 3.95. The van der Waals surface area contributed by atoms with Crippen LogP contribution in [0.2, 0.25) is 0 Å². The summed E-state index contributed by atoms with van der Waals surface area (Å²) < 4.78 is 45.8. The van der Waals surface area contributed by atoms with Crippen LogP contribution in [0, 0.1) is 18.8 Å². The summed E-state index contributed by atoms with van der Waals surface area (Å²) >= 11 is 0. The van der Waals surface area contributed by atoms with Crippen molar-refractivity contribution in [3.63, 3.8) is 0 Å². The fourth-order valence-corrected chi connectivity index (χ4v) is 7.43. The lowest BCUT2D eigenvalue weighted by Crippen LogP contribution is -2.17. The van der Waals surface area contributed by atoms with Gasteiger partial charge in [-0.3, -0.25) is 0 Å². The van der Waals surface area contributed by atoms with Crippen LogP contribution in [0.15, 0.2) is 17.0 Å². The lowest BCUT2D eigenvalue weighted by Gasteiger charge is -2.20. The number of sulfone groups is 2. The first kappa shape index (κ1) is 21.4. The molecule has 1 aromatic carbocycles. The van der Waals surface area contributed by atoms with Crippen LogP contribution < -0.4 is 0 Å². The van der Waals surface area contributed by atoms with Crippen LogP contribution in [-0.2, 0) is 26.1 Å². The summed E-state index contributed by atoms with van der Waals surface area (Å²) in [4.78, 5) is 0.577. The Labute approximate surface area is 159 Å². The van der Waals surface area contributed by atoms with Crippen LogP contribution in [0.25, 0.3) is 0 Å². The predicted molar refractivity (Wildman–Crippen MR) is 107 cm³/mol. The Morgan fingerprint density at radius 2 is 1.65 bits per heavy atom. The molecule has 4 nitrogen and oxygen atoms in total. The highest BCUT2D eigenvalue weighted by Gasteiger charge is 2.29. The highest BCUT2D eigenvalue weighted by Crippen LogP contribution is 2.30. The number of hydrogen-bond donors (Lipinski definition) is 0. The zero-order valence-corrected chi connectivity index (χ0v) is 18.2. The summed E-state index contributed by atoms with van der Waals surface area (Å²) in [5, 5.41) is 0. The van der Waals surface area contributed by atoms with Gasteiger partial charge in [0, 0.05) is 0 Å². The van der Waals surface area contributed by atoms with Gasteiger partial charge in [0.05, 0.1) is 22.2 Å². The molecule has 2 heterocycles. The van der Waals surface area contributed by atoms with E-state index in [9.17, 15) is 16.8 Å². The van der Waals surface area contributed by atoms with E-state index in [1.807, 2.05) is 6.07 Å². The minimum Gasteiger partial charge on any atom is -0.229 e. The summed E-state index contributed by atoms with van der Waals surface area (Å²) in [5.74, 6) is 2.46. The Hall–Kier alpha value is -0.880. The number of aryl methyl sites for hydroxylation is 2. The smallest absolute Gasteiger partial charge is 0.178 e. The van der Waals surface area contributed by atoms with Gasteiger partial charge in [0.2, 0.25) is 0 Å². The third-order valence-corrected chi connectivity index (χ3v) is 9.15. The van der Waals surface area contributed by atoms with Crippen LogP contribution in [0.5, 0.6) is 0 Å². The van der Waals surface area contributed by atoms with Crippen LogP contribution in [0.4, 0.5) is 0 Å². The van der Waals surface area contributed by atoms with E-state index in [0.29, 0.717) is 39.9 Å². The van der Waals surface area contributed by atoms with E-state index >= 15 is 0 Å². The predicted octanol–water partition coefficient (Wildman–Crippen LogP) is 3.92. The van der Waals surface area contributed by atoms with Gasteiger partial charge in [-0.25, -0.2) is 16.8 Å². The van der Waals surface area contributed by atoms with Crippen molar-refractivity contribution in [3.8, 4) is 0 Å². The molecular formula is C20H32O4S2.